The van der Waals surface area contributed by atoms with Crippen molar-refractivity contribution in [2.75, 3.05) is 26.2 Å². The van der Waals surface area contributed by atoms with E-state index in [0.29, 0.717) is 30.2 Å². The number of rotatable bonds is 9. The highest BCUT2D eigenvalue weighted by Crippen LogP contribution is 2.24. The second-order valence-electron chi connectivity index (χ2n) is 8.89. The lowest BCUT2D eigenvalue weighted by atomic mass is 9.91. The smallest absolute Gasteiger partial charge is 0.253 e. The monoisotopic (exact) mass is 459 g/mol. The normalized spacial score (nSPS) is 14.2. The molecular weight excluding hydrogens is 426 g/mol. The van der Waals surface area contributed by atoms with E-state index in [-0.39, 0.29) is 11.8 Å². The first kappa shape index (κ1) is 23.7. The highest BCUT2D eigenvalue weighted by atomic mass is 16.5. The molecule has 6 nitrogen and oxygen atoms in total. The number of hydrogen-bond donors (Lipinski definition) is 1. The number of piperidine rings is 1. The molecule has 0 unspecified atom stereocenters. The number of unbranched alkanes of at least 4 members (excludes halogenated alkanes) is 1. The molecule has 1 fully saturated rings. The zero-order valence-corrected chi connectivity index (χ0v) is 19.8. The summed E-state index contributed by atoms with van der Waals surface area (Å²) in [7, 11) is 0. The predicted molar refractivity (Wildman–Crippen MR) is 134 cm³/mol. The van der Waals surface area contributed by atoms with Crippen molar-refractivity contribution < 1.29 is 14.3 Å². The van der Waals surface area contributed by atoms with Gasteiger partial charge < -0.3 is 15.0 Å². The second-order valence-corrected chi connectivity index (χ2v) is 8.89. The topological polar surface area (TPSA) is 71.5 Å². The third-order valence-corrected chi connectivity index (χ3v) is 6.52. The average molecular weight is 460 g/mol. The average Bonchev–Trinajstić information content (AvgIpc) is 2.88. The molecule has 1 N–H and O–H groups in total. The Hall–Kier alpha value is -3.41. The largest absolute Gasteiger partial charge is 0.494 e. The van der Waals surface area contributed by atoms with E-state index in [2.05, 4.69) is 10.3 Å². The molecule has 1 aliphatic rings. The Morgan fingerprint density at radius 2 is 1.88 bits per heavy atom. The van der Waals surface area contributed by atoms with Gasteiger partial charge >= 0.3 is 0 Å². The van der Waals surface area contributed by atoms with Crippen molar-refractivity contribution in [2.45, 2.75) is 39.0 Å². The molecule has 0 saturated carbocycles. The lowest BCUT2D eigenvalue weighted by molar-refractivity contribution is 0.0685. The molecule has 6 heteroatoms. The Bertz CT molecular complexity index is 1120. The van der Waals surface area contributed by atoms with Gasteiger partial charge in [0.1, 0.15) is 5.75 Å². The molecule has 4 rings (SSSR count). The minimum atomic E-state index is -0.0361. The zero-order valence-electron chi connectivity index (χ0n) is 19.8. The summed E-state index contributed by atoms with van der Waals surface area (Å²) < 4.78 is 5.52. The highest BCUT2D eigenvalue weighted by Gasteiger charge is 2.23. The molecule has 34 heavy (non-hydrogen) atoms. The summed E-state index contributed by atoms with van der Waals surface area (Å²) in [4.78, 5) is 31.4. The summed E-state index contributed by atoms with van der Waals surface area (Å²) in [6.07, 6.45) is 8.79. The quantitative estimate of drug-likeness (QED) is 0.453. The SMILES string of the molecule is CCOc1cccc(C(=O)N2CCC(CCCCNC(=O)c3ccc4ccncc4c3)CC2)c1. The van der Waals surface area contributed by atoms with Gasteiger partial charge in [0, 0.05) is 48.5 Å². The maximum Gasteiger partial charge on any atom is 0.253 e. The fourth-order valence-electron chi connectivity index (χ4n) is 4.58. The first-order chi connectivity index (χ1) is 16.6. The number of aromatic nitrogens is 1. The van der Waals surface area contributed by atoms with Crippen molar-refractivity contribution in [1.82, 2.24) is 15.2 Å². The Kier molecular flexibility index (Phi) is 8.12. The molecule has 0 bridgehead atoms. The van der Waals surface area contributed by atoms with E-state index >= 15 is 0 Å². The molecule has 0 spiro atoms. The standard InChI is InChI=1S/C28H33N3O3/c1-2-34-26-8-5-7-24(19-26)28(33)31-16-12-21(13-17-31)6-3-4-14-30-27(32)23-10-9-22-11-15-29-20-25(22)18-23/h5,7-11,15,18-21H,2-4,6,12-14,16-17H2,1H3,(H,30,32). The van der Waals surface area contributed by atoms with Crippen molar-refractivity contribution in [3.63, 3.8) is 0 Å². The Balaban J connectivity index is 1.14. The van der Waals surface area contributed by atoms with Gasteiger partial charge in [-0.1, -0.05) is 25.0 Å². The summed E-state index contributed by atoms with van der Waals surface area (Å²) in [6, 6.07) is 15.1. The van der Waals surface area contributed by atoms with Crippen LogP contribution in [0.4, 0.5) is 0 Å². The number of benzene rings is 2. The van der Waals surface area contributed by atoms with E-state index in [1.807, 2.05) is 60.4 Å². The number of hydrogen-bond acceptors (Lipinski definition) is 4. The molecule has 2 amide bonds. The van der Waals surface area contributed by atoms with Crippen LogP contribution < -0.4 is 10.1 Å². The molecule has 1 aliphatic heterocycles. The van der Waals surface area contributed by atoms with Gasteiger partial charge in [-0.25, -0.2) is 0 Å². The van der Waals surface area contributed by atoms with Gasteiger partial charge in [-0.05, 0) is 73.9 Å². The molecule has 0 aliphatic carbocycles. The third kappa shape index (κ3) is 6.13. The van der Waals surface area contributed by atoms with Gasteiger partial charge in [0.25, 0.3) is 11.8 Å². The number of fused-ring (bicyclic) bond motifs is 1. The van der Waals surface area contributed by atoms with E-state index in [9.17, 15) is 9.59 Å². The highest BCUT2D eigenvalue weighted by molar-refractivity contribution is 5.98. The van der Waals surface area contributed by atoms with E-state index in [1.165, 1.54) is 0 Å². The molecule has 2 aromatic carbocycles. The van der Waals surface area contributed by atoms with Crippen molar-refractivity contribution in [2.24, 2.45) is 5.92 Å². The molecule has 0 atom stereocenters. The van der Waals surface area contributed by atoms with Crippen molar-refractivity contribution >= 4 is 22.6 Å². The zero-order chi connectivity index (χ0) is 23.8. The number of nitrogens with zero attached hydrogens (tertiary/aromatic N) is 2. The summed E-state index contributed by atoms with van der Waals surface area (Å²) in [5, 5.41) is 5.09. The molecule has 178 valence electrons. The second kappa shape index (κ2) is 11.6. The summed E-state index contributed by atoms with van der Waals surface area (Å²) >= 11 is 0. The van der Waals surface area contributed by atoms with E-state index in [0.717, 1.165) is 61.7 Å². The molecular formula is C28H33N3O3. The fraction of sp³-hybridized carbons (Fsp3) is 0.393. The van der Waals surface area contributed by atoms with Crippen LogP contribution >= 0.6 is 0 Å². The number of carbonyl (C=O) groups excluding carboxylic acids is 2. The van der Waals surface area contributed by atoms with Gasteiger partial charge in [0.2, 0.25) is 0 Å². The van der Waals surface area contributed by atoms with Crippen LogP contribution in [0.3, 0.4) is 0 Å². The Morgan fingerprint density at radius 3 is 2.71 bits per heavy atom. The summed E-state index contributed by atoms with van der Waals surface area (Å²) in [5.74, 6) is 1.44. The first-order valence-electron chi connectivity index (χ1n) is 12.3. The number of carbonyl (C=O) groups is 2. The van der Waals surface area contributed by atoms with Gasteiger partial charge in [0.05, 0.1) is 6.61 Å². The summed E-state index contributed by atoms with van der Waals surface area (Å²) in [5.41, 5.74) is 1.37. The van der Waals surface area contributed by atoms with Crippen LogP contribution in [0.2, 0.25) is 0 Å². The Labute approximate surface area is 201 Å². The molecule has 1 aromatic heterocycles. The van der Waals surface area contributed by atoms with Gasteiger partial charge in [-0.2, -0.15) is 0 Å². The number of amides is 2. The van der Waals surface area contributed by atoms with Crippen molar-refractivity contribution in [1.29, 1.82) is 0 Å². The van der Waals surface area contributed by atoms with Crippen molar-refractivity contribution in [3.8, 4) is 5.75 Å². The van der Waals surface area contributed by atoms with Gasteiger partial charge in [0.15, 0.2) is 0 Å². The van der Waals surface area contributed by atoms with Gasteiger partial charge in [-0.3, -0.25) is 14.6 Å². The molecule has 1 saturated heterocycles. The Morgan fingerprint density at radius 1 is 1.03 bits per heavy atom. The summed E-state index contributed by atoms with van der Waals surface area (Å²) in [6.45, 7) is 4.81. The molecule has 2 heterocycles. The minimum absolute atomic E-state index is 0.0361. The van der Waals surface area contributed by atoms with Crippen LogP contribution in [0, 0.1) is 5.92 Å². The fourth-order valence-corrected chi connectivity index (χ4v) is 4.58. The van der Waals surface area contributed by atoms with Crippen LogP contribution in [0.5, 0.6) is 5.75 Å². The number of likely N-dealkylation sites (tertiary alicyclic amines) is 1. The van der Waals surface area contributed by atoms with Crippen LogP contribution in [0.25, 0.3) is 10.8 Å². The third-order valence-electron chi connectivity index (χ3n) is 6.52. The van der Waals surface area contributed by atoms with Gasteiger partial charge in [-0.15, -0.1) is 0 Å². The molecule has 0 radical (unpaired) electrons. The minimum Gasteiger partial charge on any atom is -0.494 e. The van der Waals surface area contributed by atoms with Crippen LogP contribution in [0.1, 0.15) is 59.7 Å². The van der Waals surface area contributed by atoms with Crippen LogP contribution in [0.15, 0.2) is 60.9 Å². The van der Waals surface area contributed by atoms with E-state index < -0.39 is 0 Å². The van der Waals surface area contributed by atoms with Crippen LogP contribution in [-0.4, -0.2) is 47.9 Å². The molecule has 3 aromatic rings. The maximum atomic E-state index is 12.8. The number of nitrogens with one attached hydrogen (secondary N) is 1. The van der Waals surface area contributed by atoms with Crippen molar-refractivity contribution in [3.05, 3.63) is 72.1 Å². The lowest BCUT2D eigenvalue weighted by Gasteiger charge is -2.32. The predicted octanol–water partition coefficient (Wildman–Crippen LogP) is 5.09. The first-order valence-corrected chi connectivity index (χ1v) is 12.3. The maximum absolute atomic E-state index is 12.8. The van der Waals surface area contributed by atoms with E-state index in [1.54, 1.807) is 12.4 Å². The van der Waals surface area contributed by atoms with E-state index in [4.69, 9.17) is 4.74 Å². The number of ether oxygens (including phenoxy) is 1. The number of pyridine rings is 1. The van der Waals surface area contributed by atoms with Crippen LogP contribution in [-0.2, 0) is 0 Å². The lowest BCUT2D eigenvalue weighted by Crippen LogP contribution is -2.38.